The predicted molar refractivity (Wildman–Crippen MR) is 61.7 cm³/mol. The Morgan fingerprint density at radius 2 is 2.14 bits per heavy atom. The second-order valence-electron chi connectivity index (χ2n) is 4.10. The molecule has 0 aliphatic rings. The summed E-state index contributed by atoms with van der Waals surface area (Å²) < 4.78 is 0. The van der Waals surface area contributed by atoms with E-state index >= 15 is 0 Å². The SMILES string of the molecule is C=CCC(C#N)C(C)CCC=C(C)C. The van der Waals surface area contributed by atoms with Crippen molar-refractivity contribution in [1.82, 2.24) is 0 Å². The summed E-state index contributed by atoms with van der Waals surface area (Å²) >= 11 is 0. The van der Waals surface area contributed by atoms with Crippen LogP contribution in [0.25, 0.3) is 0 Å². The molecule has 1 nitrogen and oxygen atoms in total. The third-order valence-electron chi connectivity index (χ3n) is 2.45. The minimum Gasteiger partial charge on any atom is -0.198 e. The molecule has 1 heteroatoms. The first-order chi connectivity index (χ1) is 6.61. The number of nitriles is 1. The van der Waals surface area contributed by atoms with Crippen LogP contribution < -0.4 is 0 Å². The molecule has 0 fully saturated rings. The minimum absolute atomic E-state index is 0.137. The summed E-state index contributed by atoms with van der Waals surface area (Å²) in [6.45, 7) is 10.0. The highest BCUT2D eigenvalue weighted by Crippen LogP contribution is 2.20. The summed E-state index contributed by atoms with van der Waals surface area (Å²) in [6, 6.07) is 2.35. The lowest BCUT2D eigenvalue weighted by molar-refractivity contribution is 0.415. The number of allylic oxidation sites excluding steroid dienone is 3. The molecule has 0 saturated carbocycles. The molecule has 0 aliphatic carbocycles. The molecule has 0 rings (SSSR count). The second-order valence-corrected chi connectivity index (χ2v) is 4.10. The summed E-state index contributed by atoms with van der Waals surface area (Å²) in [4.78, 5) is 0. The van der Waals surface area contributed by atoms with E-state index in [0.29, 0.717) is 5.92 Å². The Morgan fingerprint density at radius 1 is 1.50 bits per heavy atom. The normalized spacial score (nSPS) is 13.9. The molecule has 0 saturated heterocycles. The van der Waals surface area contributed by atoms with Crippen LogP contribution in [-0.4, -0.2) is 0 Å². The zero-order valence-corrected chi connectivity index (χ0v) is 9.59. The molecule has 0 radical (unpaired) electrons. The number of hydrogen-bond acceptors (Lipinski definition) is 1. The van der Waals surface area contributed by atoms with Gasteiger partial charge in [0.25, 0.3) is 0 Å². The molecule has 0 N–H and O–H groups in total. The van der Waals surface area contributed by atoms with Crippen LogP contribution in [0.1, 0.15) is 40.0 Å². The number of rotatable bonds is 6. The van der Waals surface area contributed by atoms with Gasteiger partial charge >= 0.3 is 0 Å². The predicted octanol–water partition coefficient (Wildman–Crippen LogP) is 4.08. The molecule has 2 unspecified atom stereocenters. The maximum Gasteiger partial charge on any atom is 0.0661 e. The molecule has 2 atom stereocenters. The lowest BCUT2D eigenvalue weighted by Gasteiger charge is -2.14. The second kappa shape index (κ2) is 7.38. The maximum atomic E-state index is 8.92. The zero-order valence-electron chi connectivity index (χ0n) is 9.59. The van der Waals surface area contributed by atoms with Crippen molar-refractivity contribution in [2.75, 3.05) is 0 Å². The fourth-order valence-corrected chi connectivity index (χ4v) is 1.43. The summed E-state index contributed by atoms with van der Waals surface area (Å²) in [5.41, 5.74) is 1.36. The summed E-state index contributed by atoms with van der Waals surface area (Å²) in [6.07, 6.45) is 7.06. The molecule has 0 aliphatic heterocycles. The quantitative estimate of drug-likeness (QED) is 0.580. The van der Waals surface area contributed by atoms with Gasteiger partial charge in [0.2, 0.25) is 0 Å². The van der Waals surface area contributed by atoms with Gasteiger partial charge in [0.1, 0.15) is 0 Å². The Morgan fingerprint density at radius 3 is 2.57 bits per heavy atom. The van der Waals surface area contributed by atoms with Crippen molar-refractivity contribution in [3.05, 3.63) is 24.3 Å². The van der Waals surface area contributed by atoms with Crippen molar-refractivity contribution in [2.24, 2.45) is 11.8 Å². The van der Waals surface area contributed by atoms with E-state index in [1.165, 1.54) is 5.57 Å². The minimum atomic E-state index is 0.137. The largest absolute Gasteiger partial charge is 0.198 e. The highest BCUT2D eigenvalue weighted by molar-refractivity contribution is 4.95. The third-order valence-corrected chi connectivity index (χ3v) is 2.45. The Balaban J connectivity index is 3.93. The summed E-state index contributed by atoms with van der Waals surface area (Å²) in [5.74, 6) is 0.603. The summed E-state index contributed by atoms with van der Waals surface area (Å²) in [5, 5.41) is 8.92. The van der Waals surface area contributed by atoms with Gasteiger partial charge in [-0.15, -0.1) is 6.58 Å². The first-order valence-electron chi connectivity index (χ1n) is 5.25. The van der Waals surface area contributed by atoms with Crippen LogP contribution in [0, 0.1) is 23.2 Å². The molecule has 0 spiro atoms. The molecular formula is C13H21N. The highest BCUT2D eigenvalue weighted by Gasteiger charge is 2.13. The Labute approximate surface area is 88.1 Å². The van der Waals surface area contributed by atoms with Gasteiger partial charge in [-0.05, 0) is 39.0 Å². The van der Waals surface area contributed by atoms with Crippen molar-refractivity contribution in [1.29, 1.82) is 5.26 Å². The molecule has 0 amide bonds. The standard InChI is InChI=1S/C13H21N/c1-5-7-13(10-14)12(4)9-6-8-11(2)3/h5,8,12-13H,1,6-7,9H2,2-4H3. The van der Waals surface area contributed by atoms with E-state index in [2.05, 4.69) is 39.5 Å². The van der Waals surface area contributed by atoms with Crippen LogP contribution in [0.2, 0.25) is 0 Å². The Kier molecular flexibility index (Phi) is 6.84. The van der Waals surface area contributed by atoms with Gasteiger partial charge in [-0.25, -0.2) is 0 Å². The topological polar surface area (TPSA) is 23.8 Å². The van der Waals surface area contributed by atoms with E-state index in [1.807, 2.05) is 6.08 Å². The van der Waals surface area contributed by atoms with Crippen LogP contribution in [0.5, 0.6) is 0 Å². The molecule has 0 aromatic heterocycles. The van der Waals surface area contributed by atoms with E-state index in [4.69, 9.17) is 5.26 Å². The fourth-order valence-electron chi connectivity index (χ4n) is 1.43. The van der Waals surface area contributed by atoms with E-state index in [-0.39, 0.29) is 5.92 Å². The lowest BCUT2D eigenvalue weighted by atomic mass is 9.88. The van der Waals surface area contributed by atoms with Crippen molar-refractivity contribution >= 4 is 0 Å². The van der Waals surface area contributed by atoms with E-state index in [9.17, 15) is 0 Å². The summed E-state index contributed by atoms with van der Waals surface area (Å²) in [7, 11) is 0. The average molecular weight is 191 g/mol. The van der Waals surface area contributed by atoms with Gasteiger partial charge < -0.3 is 0 Å². The molecule has 0 bridgehead atoms. The van der Waals surface area contributed by atoms with Gasteiger partial charge in [-0.3, -0.25) is 0 Å². The molecule has 78 valence electrons. The lowest BCUT2D eigenvalue weighted by Crippen LogP contribution is -2.08. The van der Waals surface area contributed by atoms with Crippen molar-refractivity contribution in [3.63, 3.8) is 0 Å². The van der Waals surface area contributed by atoms with Crippen LogP contribution in [0.15, 0.2) is 24.3 Å². The first-order valence-corrected chi connectivity index (χ1v) is 5.25. The van der Waals surface area contributed by atoms with Crippen molar-refractivity contribution in [3.8, 4) is 6.07 Å². The van der Waals surface area contributed by atoms with Crippen LogP contribution >= 0.6 is 0 Å². The van der Waals surface area contributed by atoms with Crippen molar-refractivity contribution < 1.29 is 0 Å². The molecular weight excluding hydrogens is 170 g/mol. The van der Waals surface area contributed by atoms with Crippen LogP contribution in [0.3, 0.4) is 0 Å². The fraction of sp³-hybridized carbons (Fsp3) is 0.615. The Hall–Kier alpha value is -1.03. The molecule has 0 aromatic carbocycles. The highest BCUT2D eigenvalue weighted by atomic mass is 14.3. The Bertz CT molecular complexity index is 228. The van der Waals surface area contributed by atoms with Gasteiger partial charge in [0, 0.05) is 0 Å². The average Bonchev–Trinajstić information content (AvgIpc) is 2.13. The number of hydrogen-bond donors (Lipinski definition) is 0. The van der Waals surface area contributed by atoms with Gasteiger partial charge in [-0.2, -0.15) is 5.26 Å². The van der Waals surface area contributed by atoms with Crippen molar-refractivity contribution in [2.45, 2.75) is 40.0 Å². The van der Waals surface area contributed by atoms with Gasteiger partial charge in [-0.1, -0.05) is 24.6 Å². The first kappa shape index (κ1) is 13.0. The smallest absolute Gasteiger partial charge is 0.0661 e. The van der Waals surface area contributed by atoms with E-state index < -0.39 is 0 Å². The van der Waals surface area contributed by atoms with E-state index in [1.54, 1.807) is 0 Å². The molecule has 0 aromatic rings. The van der Waals surface area contributed by atoms with Gasteiger partial charge in [0.15, 0.2) is 0 Å². The maximum absolute atomic E-state index is 8.92. The third kappa shape index (κ3) is 5.59. The van der Waals surface area contributed by atoms with E-state index in [0.717, 1.165) is 19.3 Å². The monoisotopic (exact) mass is 191 g/mol. The van der Waals surface area contributed by atoms with Gasteiger partial charge in [0.05, 0.1) is 12.0 Å². The van der Waals surface area contributed by atoms with Crippen LogP contribution in [-0.2, 0) is 0 Å². The zero-order chi connectivity index (χ0) is 11.0. The number of nitrogens with zero attached hydrogens (tertiary/aromatic N) is 1. The molecule has 14 heavy (non-hydrogen) atoms. The molecule has 0 heterocycles. The van der Waals surface area contributed by atoms with Crippen LogP contribution in [0.4, 0.5) is 0 Å².